The number of nitrogens with zero attached hydrogens (tertiary/aromatic N) is 1. The van der Waals surface area contributed by atoms with E-state index in [0.29, 0.717) is 0 Å². The lowest BCUT2D eigenvalue weighted by Gasteiger charge is -2.31. The first kappa shape index (κ1) is 15.9. The van der Waals surface area contributed by atoms with Crippen molar-refractivity contribution in [3.05, 3.63) is 34.9 Å². The van der Waals surface area contributed by atoms with E-state index in [-0.39, 0.29) is 17.5 Å². The molecule has 1 aromatic carbocycles. The van der Waals surface area contributed by atoms with E-state index in [0.717, 1.165) is 44.1 Å². The minimum absolute atomic E-state index is 0.0327. The molecule has 1 amide bonds. The molecule has 0 aliphatic carbocycles. The van der Waals surface area contributed by atoms with Crippen molar-refractivity contribution in [2.24, 2.45) is 0 Å². The predicted molar refractivity (Wildman–Crippen MR) is 78.3 cm³/mol. The Hall–Kier alpha value is -1.49. The van der Waals surface area contributed by atoms with Crippen molar-refractivity contribution in [3.8, 4) is 0 Å². The topological polar surface area (TPSA) is 32.3 Å². The lowest BCUT2D eigenvalue weighted by atomic mass is 9.95. The van der Waals surface area contributed by atoms with Gasteiger partial charge in [0.05, 0.1) is 0 Å². The van der Waals surface area contributed by atoms with Crippen LogP contribution in [-0.4, -0.2) is 29.9 Å². The lowest BCUT2D eigenvalue weighted by molar-refractivity contribution is -0.119. The molecule has 0 saturated carbocycles. The van der Waals surface area contributed by atoms with E-state index in [9.17, 15) is 13.6 Å². The molecule has 0 spiro atoms. The van der Waals surface area contributed by atoms with E-state index in [4.69, 9.17) is 0 Å². The highest BCUT2D eigenvalue weighted by molar-refractivity contribution is 5.73. The minimum atomic E-state index is -2.79. The van der Waals surface area contributed by atoms with Crippen LogP contribution in [0.5, 0.6) is 0 Å². The molecule has 0 aromatic heterocycles. The van der Waals surface area contributed by atoms with Gasteiger partial charge in [-0.3, -0.25) is 9.69 Å². The van der Waals surface area contributed by atoms with Gasteiger partial charge in [-0.2, -0.15) is 0 Å². The fraction of sp³-hybridized carbons (Fsp3) is 0.562. The molecular formula is C16H22F2N2O. The Balaban J connectivity index is 2.03. The molecular weight excluding hydrogens is 274 g/mol. The maximum absolute atomic E-state index is 13.3. The van der Waals surface area contributed by atoms with Gasteiger partial charge in [-0.25, -0.2) is 8.78 Å². The minimum Gasteiger partial charge on any atom is -0.353 e. The summed E-state index contributed by atoms with van der Waals surface area (Å²) in [6.07, 6.45) is 0.770. The lowest BCUT2D eigenvalue weighted by Crippen LogP contribution is -2.43. The molecule has 3 nitrogen and oxygen atoms in total. The Morgan fingerprint density at radius 3 is 2.76 bits per heavy atom. The van der Waals surface area contributed by atoms with Crippen molar-refractivity contribution in [2.45, 2.75) is 45.7 Å². The van der Waals surface area contributed by atoms with E-state index in [1.807, 2.05) is 6.92 Å². The zero-order valence-electron chi connectivity index (χ0n) is 12.7. The van der Waals surface area contributed by atoms with Gasteiger partial charge < -0.3 is 5.32 Å². The van der Waals surface area contributed by atoms with Gasteiger partial charge in [0.1, 0.15) is 0 Å². The molecule has 1 atom stereocenters. The maximum atomic E-state index is 13.3. The highest BCUT2D eigenvalue weighted by Crippen LogP contribution is 2.30. The smallest absolute Gasteiger partial charge is 0.270 e. The second-order valence-electron chi connectivity index (χ2n) is 5.96. The van der Waals surface area contributed by atoms with Crippen LogP contribution >= 0.6 is 0 Å². The molecule has 0 bridgehead atoms. The van der Waals surface area contributed by atoms with Crippen molar-refractivity contribution < 1.29 is 13.6 Å². The Morgan fingerprint density at radius 1 is 1.43 bits per heavy atom. The van der Waals surface area contributed by atoms with E-state index in [1.54, 1.807) is 12.1 Å². The SMILES string of the molecule is CC(=O)N[C@@H](C)CN1CCc2cc(C(C)(F)F)ccc2C1. The second kappa shape index (κ2) is 6.10. The number of amides is 1. The number of benzene rings is 1. The van der Waals surface area contributed by atoms with Crippen molar-refractivity contribution in [3.63, 3.8) is 0 Å². The molecule has 5 heteroatoms. The van der Waals surface area contributed by atoms with Gasteiger partial charge in [0, 0.05) is 45.1 Å². The third-order valence-corrected chi connectivity index (χ3v) is 3.79. The summed E-state index contributed by atoms with van der Waals surface area (Å²) in [6, 6.07) is 5.03. The molecule has 1 aromatic rings. The highest BCUT2D eigenvalue weighted by atomic mass is 19.3. The molecule has 1 aliphatic heterocycles. The van der Waals surface area contributed by atoms with Crippen LogP contribution in [0.2, 0.25) is 0 Å². The largest absolute Gasteiger partial charge is 0.353 e. The molecule has 21 heavy (non-hydrogen) atoms. The zero-order chi connectivity index (χ0) is 15.6. The van der Waals surface area contributed by atoms with Gasteiger partial charge in [0.25, 0.3) is 5.92 Å². The molecule has 116 valence electrons. The molecule has 2 rings (SSSR count). The standard InChI is InChI=1S/C16H22F2N2O/c1-11(19-12(2)21)9-20-7-6-13-8-15(16(3,17)18)5-4-14(13)10-20/h4-5,8,11H,6-7,9-10H2,1-3H3,(H,19,21)/t11-/m0/s1. The second-order valence-corrected chi connectivity index (χ2v) is 5.96. The van der Waals surface area contributed by atoms with Gasteiger partial charge in [-0.1, -0.05) is 12.1 Å². The molecule has 0 saturated heterocycles. The number of alkyl halides is 2. The Morgan fingerprint density at radius 2 is 2.14 bits per heavy atom. The van der Waals surface area contributed by atoms with Crippen LogP contribution in [0.4, 0.5) is 8.78 Å². The first-order chi connectivity index (χ1) is 9.75. The molecule has 1 aliphatic rings. The highest BCUT2D eigenvalue weighted by Gasteiger charge is 2.26. The Labute approximate surface area is 124 Å². The fourth-order valence-electron chi connectivity index (χ4n) is 2.82. The number of carbonyl (C=O) groups excluding carboxylic acids is 1. The Bertz CT molecular complexity index is 525. The number of fused-ring (bicyclic) bond motifs is 1. The fourth-order valence-corrected chi connectivity index (χ4v) is 2.82. The summed E-state index contributed by atoms with van der Waals surface area (Å²) in [6.45, 7) is 6.75. The average molecular weight is 296 g/mol. The van der Waals surface area contributed by atoms with Gasteiger partial charge in [-0.15, -0.1) is 0 Å². The number of nitrogens with one attached hydrogen (secondary N) is 1. The van der Waals surface area contributed by atoms with Gasteiger partial charge in [-0.05, 0) is 30.5 Å². The van der Waals surface area contributed by atoms with E-state index >= 15 is 0 Å². The molecule has 0 fully saturated rings. The van der Waals surface area contributed by atoms with Crippen LogP contribution < -0.4 is 5.32 Å². The van der Waals surface area contributed by atoms with Crippen molar-refractivity contribution in [2.75, 3.05) is 13.1 Å². The average Bonchev–Trinajstić information content (AvgIpc) is 2.35. The summed E-state index contributed by atoms with van der Waals surface area (Å²) in [7, 11) is 0. The molecule has 1 N–H and O–H groups in total. The van der Waals surface area contributed by atoms with Crippen LogP contribution in [0.15, 0.2) is 18.2 Å². The van der Waals surface area contributed by atoms with Gasteiger partial charge in [0.15, 0.2) is 0 Å². The van der Waals surface area contributed by atoms with Crippen molar-refractivity contribution in [1.29, 1.82) is 0 Å². The summed E-state index contributed by atoms with van der Waals surface area (Å²) >= 11 is 0. The van der Waals surface area contributed by atoms with E-state index < -0.39 is 5.92 Å². The number of hydrogen-bond donors (Lipinski definition) is 1. The molecule has 0 unspecified atom stereocenters. The number of halogens is 2. The molecule has 0 radical (unpaired) electrons. The van der Waals surface area contributed by atoms with Gasteiger partial charge >= 0.3 is 0 Å². The summed E-state index contributed by atoms with van der Waals surface area (Å²) < 4.78 is 26.7. The van der Waals surface area contributed by atoms with Crippen LogP contribution in [-0.2, 0) is 23.7 Å². The quantitative estimate of drug-likeness (QED) is 0.926. The summed E-state index contributed by atoms with van der Waals surface area (Å²) in [5.41, 5.74) is 2.20. The summed E-state index contributed by atoms with van der Waals surface area (Å²) in [5, 5.41) is 2.86. The molecule has 1 heterocycles. The van der Waals surface area contributed by atoms with Crippen LogP contribution in [0.25, 0.3) is 0 Å². The van der Waals surface area contributed by atoms with Gasteiger partial charge in [0.2, 0.25) is 5.91 Å². The maximum Gasteiger partial charge on any atom is 0.270 e. The van der Waals surface area contributed by atoms with Crippen LogP contribution in [0, 0.1) is 0 Å². The normalized spacial score (nSPS) is 17.2. The van der Waals surface area contributed by atoms with Crippen LogP contribution in [0.3, 0.4) is 0 Å². The first-order valence-electron chi connectivity index (χ1n) is 7.25. The number of rotatable bonds is 4. The summed E-state index contributed by atoms with van der Waals surface area (Å²) in [4.78, 5) is 13.3. The zero-order valence-corrected chi connectivity index (χ0v) is 12.7. The van der Waals surface area contributed by atoms with Crippen LogP contribution in [0.1, 0.15) is 37.5 Å². The summed E-state index contributed by atoms with van der Waals surface area (Å²) in [5.74, 6) is -2.82. The Kier molecular flexibility index (Phi) is 4.61. The van der Waals surface area contributed by atoms with Crippen molar-refractivity contribution in [1.82, 2.24) is 10.2 Å². The predicted octanol–water partition coefficient (Wildman–Crippen LogP) is 2.68. The third kappa shape index (κ3) is 4.24. The first-order valence-corrected chi connectivity index (χ1v) is 7.25. The van der Waals surface area contributed by atoms with E-state index in [2.05, 4.69) is 10.2 Å². The van der Waals surface area contributed by atoms with E-state index in [1.165, 1.54) is 13.0 Å². The number of hydrogen-bond acceptors (Lipinski definition) is 2. The monoisotopic (exact) mass is 296 g/mol. The third-order valence-electron chi connectivity index (χ3n) is 3.79. The number of carbonyl (C=O) groups is 1. The van der Waals surface area contributed by atoms with Crippen molar-refractivity contribution >= 4 is 5.91 Å².